The van der Waals surface area contributed by atoms with Gasteiger partial charge in [-0.15, -0.1) is 0 Å². The molecule has 0 saturated heterocycles. The van der Waals surface area contributed by atoms with E-state index in [0.29, 0.717) is 5.56 Å². The second kappa shape index (κ2) is 5.17. The van der Waals surface area contributed by atoms with E-state index >= 15 is 0 Å². The number of halogens is 3. The van der Waals surface area contributed by atoms with Crippen molar-refractivity contribution in [2.24, 2.45) is 0 Å². The van der Waals surface area contributed by atoms with Crippen LogP contribution >= 0.6 is 0 Å². The highest BCUT2D eigenvalue weighted by molar-refractivity contribution is 5.49. The van der Waals surface area contributed by atoms with Crippen LogP contribution in [0, 0.1) is 0 Å². The third kappa shape index (κ3) is 2.65. The van der Waals surface area contributed by atoms with Crippen molar-refractivity contribution >= 4 is 0 Å². The molecule has 0 aromatic carbocycles. The zero-order valence-electron chi connectivity index (χ0n) is 10.9. The molecule has 6 nitrogen and oxygen atoms in total. The standard InChI is InChI=1S/C13H8F3N3O3/c14-13(15,16)9-2-1-4-19(12(9)20)6-10-17-11(22-18-10)8-3-5-21-7-8/h1-5,7H,6H2. The van der Waals surface area contributed by atoms with E-state index in [9.17, 15) is 18.0 Å². The van der Waals surface area contributed by atoms with Gasteiger partial charge < -0.3 is 13.5 Å². The summed E-state index contributed by atoms with van der Waals surface area (Å²) in [6, 6.07) is 3.46. The van der Waals surface area contributed by atoms with Crippen LogP contribution in [0.5, 0.6) is 0 Å². The molecule has 0 N–H and O–H groups in total. The minimum atomic E-state index is -4.71. The number of hydrogen-bond donors (Lipinski definition) is 0. The Hall–Kier alpha value is -2.84. The SMILES string of the molecule is O=c1c(C(F)(F)F)cccn1Cc1noc(-c2ccoc2)n1. The highest BCUT2D eigenvalue weighted by Crippen LogP contribution is 2.26. The molecule has 0 aliphatic rings. The van der Waals surface area contributed by atoms with Gasteiger partial charge in [-0.2, -0.15) is 18.2 Å². The maximum absolute atomic E-state index is 12.7. The first-order valence-corrected chi connectivity index (χ1v) is 6.07. The molecule has 0 aliphatic carbocycles. The largest absolute Gasteiger partial charge is 0.472 e. The fourth-order valence-electron chi connectivity index (χ4n) is 1.85. The van der Waals surface area contributed by atoms with Crippen molar-refractivity contribution in [3.63, 3.8) is 0 Å². The minimum absolute atomic E-state index is 0.0811. The summed E-state index contributed by atoms with van der Waals surface area (Å²) in [5.74, 6) is 0.237. The number of nitrogens with zero attached hydrogens (tertiary/aromatic N) is 3. The molecule has 3 aromatic heterocycles. The van der Waals surface area contributed by atoms with E-state index in [0.717, 1.165) is 16.7 Å². The van der Waals surface area contributed by atoms with Crippen LogP contribution in [-0.2, 0) is 12.7 Å². The highest BCUT2D eigenvalue weighted by atomic mass is 19.4. The van der Waals surface area contributed by atoms with Crippen LogP contribution < -0.4 is 5.56 Å². The molecule has 0 saturated carbocycles. The number of aromatic nitrogens is 3. The number of rotatable bonds is 3. The average molecular weight is 311 g/mol. The Bertz CT molecular complexity index is 834. The first kappa shape index (κ1) is 14.1. The Morgan fingerprint density at radius 3 is 2.77 bits per heavy atom. The summed E-state index contributed by atoms with van der Waals surface area (Å²) in [5.41, 5.74) is -1.87. The van der Waals surface area contributed by atoms with Crippen molar-refractivity contribution in [3.8, 4) is 11.5 Å². The summed E-state index contributed by atoms with van der Waals surface area (Å²) in [7, 11) is 0. The maximum atomic E-state index is 12.7. The van der Waals surface area contributed by atoms with Crippen LogP contribution in [0.4, 0.5) is 13.2 Å². The number of alkyl halides is 3. The van der Waals surface area contributed by atoms with Gasteiger partial charge in [-0.25, -0.2) is 0 Å². The van der Waals surface area contributed by atoms with Gasteiger partial charge in [0, 0.05) is 6.20 Å². The van der Waals surface area contributed by atoms with E-state index in [4.69, 9.17) is 8.94 Å². The predicted octanol–water partition coefficient (Wildman–Crippen LogP) is 2.56. The average Bonchev–Trinajstić information content (AvgIpc) is 3.10. The van der Waals surface area contributed by atoms with E-state index < -0.39 is 17.3 Å². The monoisotopic (exact) mass is 311 g/mol. The lowest BCUT2D eigenvalue weighted by atomic mass is 10.2. The molecular weight excluding hydrogens is 303 g/mol. The molecule has 9 heteroatoms. The van der Waals surface area contributed by atoms with Gasteiger partial charge in [0.25, 0.3) is 11.4 Å². The third-order valence-electron chi connectivity index (χ3n) is 2.87. The Kier molecular flexibility index (Phi) is 3.32. The minimum Gasteiger partial charge on any atom is -0.472 e. The van der Waals surface area contributed by atoms with E-state index in [1.54, 1.807) is 6.07 Å². The molecule has 3 aromatic rings. The van der Waals surface area contributed by atoms with Crippen molar-refractivity contribution in [1.29, 1.82) is 0 Å². The second-order valence-corrected chi connectivity index (χ2v) is 4.38. The summed E-state index contributed by atoms with van der Waals surface area (Å²) >= 11 is 0. The Morgan fingerprint density at radius 2 is 2.09 bits per heavy atom. The quantitative estimate of drug-likeness (QED) is 0.743. The van der Waals surface area contributed by atoms with Crippen molar-refractivity contribution < 1.29 is 22.1 Å². The zero-order valence-corrected chi connectivity index (χ0v) is 10.9. The van der Waals surface area contributed by atoms with E-state index in [-0.39, 0.29) is 18.3 Å². The fourth-order valence-corrected chi connectivity index (χ4v) is 1.85. The Balaban J connectivity index is 1.90. The van der Waals surface area contributed by atoms with Crippen LogP contribution in [-0.4, -0.2) is 14.7 Å². The Labute approximate surface area is 120 Å². The molecule has 0 unspecified atom stereocenters. The molecule has 0 atom stereocenters. The van der Waals surface area contributed by atoms with E-state index in [1.807, 2.05) is 0 Å². The van der Waals surface area contributed by atoms with Gasteiger partial charge >= 0.3 is 6.18 Å². The maximum Gasteiger partial charge on any atom is 0.421 e. The molecule has 0 amide bonds. The third-order valence-corrected chi connectivity index (χ3v) is 2.87. The molecule has 0 radical (unpaired) electrons. The smallest absolute Gasteiger partial charge is 0.421 e. The van der Waals surface area contributed by atoms with Crippen molar-refractivity contribution in [3.05, 3.63) is 58.7 Å². The summed E-state index contributed by atoms with van der Waals surface area (Å²) in [6.07, 6.45) is -0.686. The van der Waals surface area contributed by atoms with Crippen molar-refractivity contribution in [2.75, 3.05) is 0 Å². The summed E-state index contributed by atoms with van der Waals surface area (Å²) in [5, 5.41) is 3.63. The lowest BCUT2D eigenvalue weighted by Crippen LogP contribution is -2.28. The van der Waals surface area contributed by atoms with Crippen LogP contribution in [0.1, 0.15) is 11.4 Å². The Morgan fingerprint density at radius 1 is 1.27 bits per heavy atom. The van der Waals surface area contributed by atoms with Crippen molar-refractivity contribution in [1.82, 2.24) is 14.7 Å². The van der Waals surface area contributed by atoms with Gasteiger partial charge in [0.2, 0.25) is 0 Å². The van der Waals surface area contributed by atoms with Gasteiger partial charge in [0.1, 0.15) is 11.8 Å². The molecule has 114 valence electrons. The second-order valence-electron chi connectivity index (χ2n) is 4.38. The molecule has 3 heterocycles. The van der Waals surface area contributed by atoms with Gasteiger partial charge in [-0.05, 0) is 18.2 Å². The first-order chi connectivity index (χ1) is 10.4. The van der Waals surface area contributed by atoms with E-state index in [2.05, 4.69) is 10.1 Å². The van der Waals surface area contributed by atoms with Gasteiger partial charge in [-0.3, -0.25) is 4.79 Å². The van der Waals surface area contributed by atoms with Crippen LogP contribution in [0.2, 0.25) is 0 Å². The summed E-state index contributed by atoms with van der Waals surface area (Å²) in [6.45, 7) is -0.232. The molecular formula is C13H8F3N3O3. The number of furan rings is 1. The zero-order chi connectivity index (χ0) is 15.7. The summed E-state index contributed by atoms with van der Waals surface area (Å²) < 4.78 is 48.7. The lowest BCUT2D eigenvalue weighted by Gasteiger charge is -2.08. The number of pyridine rings is 1. The fraction of sp³-hybridized carbons (Fsp3) is 0.154. The van der Waals surface area contributed by atoms with Crippen LogP contribution in [0.25, 0.3) is 11.5 Å². The normalized spacial score (nSPS) is 11.8. The molecule has 3 rings (SSSR count). The number of hydrogen-bond acceptors (Lipinski definition) is 5. The van der Waals surface area contributed by atoms with Gasteiger partial charge in [0.05, 0.1) is 18.4 Å². The van der Waals surface area contributed by atoms with Crippen LogP contribution in [0.3, 0.4) is 0 Å². The summed E-state index contributed by atoms with van der Waals surface area (Å²) in [4.78, 5) is 15.8. The van der Waals surface area contributed by atoms with Gasteiger partial charge in [-0.1, -0.05) is 5.16 Å². The topological polar surface area (TPSA) is 74.1 Å². The molecule has 0 spiro atoms. The van der Waals surface area contributed by atoms with Crippen LogP contribution in [0.15, 0.2) is 50.7 Å². The predicted molar refractivity (Wildman–Crippen MR) is 66.8 cm³/mol. The highest BCUT2D eigenvalue weighted by Gasteiger charge is 2.34. The molecule has 22 heavy (non-hydrogen) atoms. The molecule has 0 aliphatic heterocycles. The molecule has 0 bridgehead atoms. The molecule has 0 fully saturated rings. The van der Waals surface area contributed by atoms with Gasteiger partial charge in [0.15, 0.2) is 5.82 Å². The lowest BCUT2D eigenvalue weighted by molar-refractivity contribution is -0.138. The first-order valence-electron chi connectivity index (χ1n) is 6.07. The van der Waals surface area contributed by atoms with E-state index in [1.165, 1.54) is 18.7 Å². The van der Waals surface area contributed by atoms with Crippen molar-refractivity contribution in [2.45, 2.75) is 12.7 Å².